The molecular weight excluding hydrogens is 1430 g/mol. The number of thioether (sulfide) groups is 3. The topological polar surface area (TPSA) is 253 Å². The lowest BCUT2D eigenvalue weighted by Crippen LogP contribution is -2.54. The monoisotopic (exact) mass is 1480 g/mol. The van der Waals surface area contributed by atoms with Crippen molar-refractivity contribution in [1.82, 2.24) is 44.0 Å². The first kappa shape index (κ1) is 70.1. The molecule has 11 aromatic rings. The Kier molecular flexibility index (Phi) is 22.1. The highest BCUT2D eigenvalue weighted by Crippen LogP contribution is 2.35. The highest BCUT2D eigenvalue weighted by molar-refractivity contribution is 7.98. The first-order chi connectivity index (χ1) is 44.7. The molecule has 1 aliphatic heterocycles. The van der Waals surface area contributed by atoms with Crippen molar-refractivity contribution < 1.29 is 52.7 Å². The summed E-state index contributed by atoms with van der Waals surface area (Å²) in [6.45, 7) is 5.83. The van der Waals surface area contributed by atoms with Gasteiger partial charge in [0.05, 0.1) is 40.0 Å². The summed E-state index contributed by atoms with van der Waals surface area (Å²) in [4.78, 5) is 64.4. The molecule has 0 atom stereocenters. The van der Waals surface area contributed by atoms with Crippen LogP contribution >= 0.6 is 92.5 Å². The number of sulfone groups is 2. The first-order valence-electron chi connectivity index (χ1n) is 27.5. The first-order valence-corrected chi connectivity index (χ1v) is 37.0. The predicted octanol–water partition coefficient (Wildman–Crippen LogP) is 13.0. The van der Waals surface area contributed by atoms with Crippen molar-refractivity contribution in [3.8, 4) is 0 Å². The van der Waals surface area contributed by atoms with Crippen molar-refractivity contribution in [3.63, 3.8) is 0 Å². The lowest BCUT2D eigenvalue weighted by molar-refractivity contribution is -0.261. The van der Waals surface area contributed by atoms with E-state index in [1.807, 2.05) is 20.8 Å². The Morgan fingerprint density at radius 2 is 0.936 bits per heavy atom. The Hall–Kier alpha value is -6.76. The van der Waals surface area contributed by atoms with Gasteiger partial charge in [-0.1, -0.05) is 165 Å². The molecule has 94 heavy (non-hydrogen) atoms. The van der Waals surface area contributed by atoms with Gasteiger partial charge in [0, 0.05) is 47.0 Å². The molecule has 0 bridgehead atoms. The normalized spacial score (nSPS) is 13.8. The van der Waals surface area contributed by atoms with Crippen LogP contribution in [0.4, 0.5) is 32.2 Å². The van der Waals surface area contributed by atoms with E-state index in [-0.39, 0.29) is 123 Å². The van der Waals surface area contributed by atoms with Crippen LogP contribution in [0.3, 0.4) is 0 Å². The van der Waals surface area contributed by atoms with E-state index in [1.54, 1.807) is 36.4 Å². The van der Waals surface area contributed by atoms with Crippen molar-refractivity contribution in [2.75, 3.05) is 30.0 Å². The SMILES string of the molecule is CC1(Nc2nc(SCc3cccc(F)c3F)nc3c2sc(=O)n3CCS(=O)(=O)c2ccccc2)COC(C)(C)OC1.O=c1[nH]c2nc(SCc3cccc(F)c3F)nc(Cl)c2s1.O=c1sc2c(Cl)nc(SCc3cccc(F)c3F)nc2n1CCS(=O)(=O)c1ccccc1. The zero-order chi connectivity index (χ0) is 67.3. The summed E-state index contributed by atoms with van der Waals surface area (Å²) in [5.41, 5.74) is 0.544. The van der Waals surface area contributed by atoms with Gasteiger partial charge in [-0.15, -0.1) is 0 Å². The van der Waals surface area contributed by atoms with Gasteiger partial charge >= 0.3 is 14.6 Å². The van der Waals surface area contributed by atoms with Crippen LogP contribution in [0, 0.1) is 34.9 Å². The van der Waals surface area contributed by atoms with Crippen LogP contribution in [0.1, 0.15) is 37.5 Å². The number of aromatic nitrogens is 9. The van der Waals surface area contributed by atoms with Gasteiger partial charge < -0.3 is 14.8 Å². The lowest BCUT2D eigenvalue weighted by Gasteiger charge is -2.42. The maximum atomic E-state index is 14.3. The molecule has 7 heterocycles. The fraction of sp³-hybridized carbons (Fsp3) is 0.237. The minimum atomic E-state index is -3.67. The Morgan fingerprint density at radius 3 is 1.39 bits per heavy atom. The molecule has 0 unspecified atom stereocenters. The van der Waals surface area contributed by atoms with Gasteiger partial charge in [-0.3, -0.25) is 28.5 Å². The molecule has 0 amide bonds. The van der Waals surface area contributed by atoms with E-state index in [2.05, 4.69) is 40.2 Å². The van der Waals surface area contributed by atoms with E-state index in [0.717, 1.165) is 87.5 Å². The molecule has 6 aromatic heterocycles. The number of thiazole rings is 3. The molecule has 1 aliphatic rings. The summed E-state index contributed by atoms with van der Waals surface area (Å²) in [6.07, 6.45) is 0. The van der Waals surface area contributed by atoms with E-state index in [9.17, 15) is 57.6 Å². The van der Waals surface area contributed by atoms with Gasteiger partial charge in [0.25, 0.3) is 0 Å². The van der Waals surface area contributed by atoms with Crippen molar-refractivity contribution in [3.05, 3.63) is 206 Å². The molecule has 0 radical (unpaired) electrons. The standard InChI is InChI=1S/C27H28F2N4O5S3.C20H14ClF2N3O3S3.C12H6ClF2N3OS2/c1-26(2)37-15-27(3,16-38-26)32-22-21-23(31-24(30-22)39-14-17-8-7-11-19(28)20(17)29)33(25(34)40-21)12-13-41(35,36)18-9-5-4-6-10-18;21-17-16-18(25-19(24-17)30-11-12-5-4-8-14(22)15(12)23)26(20(27)31-16)9-10-32(28,29)13-6-2-1-3-7-13;13-9-8-10(18-12(19)21-8)17-11(16-9)20-4-5-2-1-3-6(14)7(5)15/h4-11H,12-16H2,1-3H3,(H,30,31,32);1-8H,9-11H2;1-3H,4H2,(H,16,17,18,19). The van der Waals surface area contributed by atoms with Crippen molar-refractivity contribution >= 4 is 149 Å². The van der Waals surface area contributed by atoms with Crippen molar-refractivity contribution in [2.45, 2.75) is 87.7 Å². The van der Waals surface area contributed by atoms with Gasteiger partial charge in [-0.25, -0.2) is 73.1 Å². The molecule has 0 spiro atoms. The molecule has 19 nitrogen and oxygen atoms in total. The predicted molar refractivity (Wildman–Crippen MR) is 354 cm³/mol. The summed E-state index contributed by atoms with van der Waals surface area (Å²) in [6, 6.07) is 27.7. The van der Waals surface area contributed by atoms with E-state index in [0.29, 0.717) is 25.6 Å². The molecule has 0 saturated carbocycles. The number of rotatable bonds is 19. The number of hydrogen-bond donors (Lipinski definition) is 2. The maximum absolute atomic E-state index is 14.3. The smallest absolute Gasteiger partial charge is 0.309 e. The number of H-pyrrole nitrogens is 1. The second-order valence-electron chi connectivity index (χ2n) is 20.9. The third-order valence-electron chi connectivity index (χ3n) is 13.6. The fourth-order valence-electron chi connectivity index (χ4n) is 8.71. The lowest BCUT2D eigenvalue weighted by atomic mass is 10.0. The van der Waals surface area contributed by atoms with E-state index < -0.39 is 75.6 Å². The summed E-state index contributed by atoms with van der Waals surface area (Å²) >= 11 is 18.0. The average molecular weight is 1480 g/mol. The van der Waals surface area contributed by atoms with Gasteiger partial charge in [-0.05, 0) is 63.2 Å². The molecule has 2 N–H and O–H groups in total. The highest BCUT2D eigenvalue weighted by atomic mass is 35.5. The quantitative estimate of drug-likeness (QED) is 0.0330. The van der Waals surface area contributed by atoms with Crippen LogP contribution < -0.4 is 19.9 Å². The number of fused-ring (bicyclic) bond motifs is 3. The largest absolute Gasteiger partial charge is 0.359 e. The number of ether oxygens (including phenoxy) is 2. The van der Waals surface area contributed by atoms with Crippen LogP contribution in [0.5, 0.6) is 0 Å². The zero-order valence-corrected chi connectivity index (χ0v) is 56.9. The molecule has 12 rings (SSSR count). The zero-order valence-electron chi connectivity index (χ0n) is 48.9. The van der Waals surface area contributed by atoms with Gasteiger partial charge in [0.15, 0.2) is 109 Å². The maximum Gasteiger partial charge on any atom is 0.309 e. The van der Waals surface area contributed by atoms with Gasteiger partial charge in [0.1, 0.15) is 14.1 Å². The Bertz CT molecular complexity index is 5040. The van der Waals surface area contributed by atoms with E-state index in [1.165, 1.54) is 69.8 Å². The Morgan fingerprint density at radius 1 is 0.532 bits per heavy atom. The Balaban J connectivity index is 0.000000162. The summed E-state index contributed by atoms with van der Waals surface area (Å²) in [5, 5.41) is 4.15. The number of halogens is 8. The molecule has 5 aromatic carbocycles. The molecule has 35 heteroatoms. The second-order valence-corrected chi connectivity index (χ2v) is 31.6. The van der Waals surface area contributed by atoms with Gasteiger partial charge in [0.2, 0.25) is 0 Å². The highest BCUT2D eigenvalue weighted by Gasteiger charge is 2.38. The van der Waals surface area contributed by atoms with Crippen molar-refractivity contribution in [2.24, 2.45) is 0 Å². The summed E-state index contributed by atoms with van der Waals surface area (Å²) in [7, 11) is -7.28. The number of benzene rings is 5. The minimum absolute atomic E-state index is 0.0307. The fourth-order valence-corrected chi connectivity index (χ4v) is 16.7. The number of nitrogens with one attached hydrogen (secondary N) is 2. The molecule has 1 saturated heterocycles. The minimum Gasteiger partial charge on any atom is -0.359 e. The number of aromatic amines is 1. The molecule has 492 valence electrons. The number of hydrogen-bond acceptors (Lipinski definition) is 22. The number of aryl methyl sites for hydroxylation is 2. The Labute approximate surface area is 565 Å². The summed E-state index contributed by atoms with van der Waals surface area (Å²) in [5.74, 6) is -6.42. The van der Waals surface area contributed by atoms with Crippen LogP contribution in [-0.2, 0) is 59.5 Å². The summed E-state index contributed by atoms with van der Waals surface area (Å²) < 4.78 is 148. The van der Waals surface area contributed by atoms with Gasteiger partial charge in [-0.2, -0.15) is 0 Å². The molecule has 1 fully saturated rings. The van der Waals surface area contributed by atoms with Crippen LogP contribution in [0.2, 0.25) is 10.3 Å². The number of anilines is 1. The molecular formula is C59H48Cl2F6N10O9S8. The molecule has 0 aliphatic carbocycles. The van der Waals surface area contributed by atoms with Crippen LogP contribution in [0.25, 0.3) is 31.0 Å². The average Bonchev–Trinajstić information content (AvgIpc) is 1.60. The van der Waals surface area contributed by atoms with Crippen LogP contribution in [-0.4, -0.2) is 96.9 Å². The van der Waals surface area contributed by atoms with E-state index >= 15 is 0 Å². The van der Waals surface area contributed by atoms with Crippen LogP contribution in [0.15, 0.2) is 155 Å². The van der Waals surface area contributed by atoms with E-state index in [4.69, 9.17) is 32.7 Å². The third kappa shape index (κ3) is 16.9. The van der Waals surface area contributed by atoms with Crippen molar-refractivity contribution in [1.29, 1.82) is 0 Å². The number of nitrogens with zero attached hydrogens (tertiary/aromatic N) is 8. The second kappa shape index (κ2) is 29.7. The third-order valence-corrected chi connectivity index (χ3v) is 23.3.